The van der Waals surface area contributed by atoms with Crippen molar-refractivity contribution in [1.29, 1.82) is 0 Å². The minimum Gasteiger partial charge on any atom is -0.495 e. The van der Waals surface area contributed by atoms with Crippen LogP contribution in [0.4, 0.5) is 0 Å². The second-order valence-electron chi connectivity index (χ2n) is 9.31. The van der Waals surface area contributed by atoms with Crippen molar-refractivity contribution in [2.45, 2.75) is 33.0 Å². The van der Waals surface area contributed by atoms with Gasteiger partial charge in [0.05, 0.1) is 36.3 Å². The van der Waals surface area contributed by atoms with E-state index in [1.54, 1.807) is 7.11 Å². The topological polar surface area (TPSA) is 52.8 Å². The summed E-state index contributed by atoms with van der Waals surface area (Å²) >= 11 is 0. The number of rotatable bonds is 6. The van der Waals surface area contributed by atoms with Gasteiger partial charge >= 0.3 is 5.97 Å². The van der Waals surface area contributed by atoms with Gasteiger partial charge in [-0.05, 0) is 36.2 Å². The third-order valence-corrected chi connectivity index (χ3v) is 7.81. The van der Waals surface area contributed by atoms with Crippen LogP contribution in [0.5, 0.6) is 5.75 Å². The molecule has 0 aliphatic heterocycles. The molecule has 2 heterocycles. The molecule has 0 atom stereocenters. The van der Waals surface area contributed by atoms with E-state index < -0.39 is 8.07 Å². The van der Waals surface area contributed by atoms with Crippen molar-refractivity contribution in [2.75, 3.05) is 14.2 Å². The highest BCUT2D eigenvalue weighted by Gasteiger charge is 2.28. The average Bonchev–Trinajstić information content (AvgIpc) is 3.17. The van der Waals surface area contributed by atoms with Gasteiger partial charge in [0.2, 0.25) is 0 Å². The molecule has 6 heteroatoms. The van der Waals surface area contributed by atoms with Gasteiger partial charge in [0.15, 0.2) is 0 Å². The van der Waals surface area contributed by atoms with Crippen LogP contribution < -0.4 is 10.1 Å². The molecule has 33 heavy (non-hydrogen) atoms. The van der Waals surface area contributed by atoms with Crippen molar-refractivity contribution in [3.8, 4) is 17.0 Å². The fraction of sp³-hybridized carbons (Fsp3) is 0.259. The quantitative estimate of drug-likeness (QED) is 0.293. The number of benzene rings is 2. The van der Waals surface area contributed by atoms with E-state index in [2.05, 4.69) is 54.5 Å². The van der Waals surface area contributed by atoms with Crippen LogP contribution >= 0.6 is 0 Å². The Morgan fingerprint density at radius 1 is 1.00 bits per heavy atom. The molecular formula is C27H30N2O3Si. The Bertz CT molecular complexity index is 1320. The number of nitrogens with zero attached hydrogens (tertiary/aromatic N) is 2. The molecule has 0 aliphatic carbocycles. The Balaban J connectivity index is 1.96. The third-order valence-electron chi connectivity index (χ3n) is 5.93. The molecule has 0 unspecified atom stereocenters. The van der Waals surface area contributed by atoms with Gasteiger partial charge in [-0.25, -0.2) is 9.31 Å². The number of carbonyl (C=O) groups is 1. The van der Waals surface area contributed by atoms with Gasteiger partial charge in [0, 0.05) is 17.5 Å². The van der Waals surface area contributed by atoms with Crippen LogP contribution in [-0.2, 0) is 11.2 Å². The summed E-state index contributed by atoms with van der Waals surface area (Å²) in [4.78, 5) is 12.3. The predicted octanol–water partition coefficient (Wildman–Crippen LogP) is 5.24. The molecule has 2 aromatic carbocycles. The molecule has 0 N–H and O–H groups in total. The smallest absolute Gasteiger partial charge is 0.338 e. The first-order chi connectivity index (χ1) is 15.7. The molecule has 0 saturated heterocycles. The van der Waals surface area contributed by atoms with Gasteiger partial charge < -0.3 is 9.47 Å². The largest absolute Gasteiger partial charge is 0.495 e. The molecule has 4 rings (SSSR count). The summed E-state index contributed by atoms with van der Waals surface area (Å²) in [6, 6.07) is 20.4. The summed E-state index contributed by atoms with van der Waals surface area (Å²) in [6.07, 6.45) is 0.648. The number of ether oxygens (including phenoxy) is 2. The lowest BCUT2D eigenvalue weighted by molar-refractivity contribution is 0.0600. The number of esters is 1. The normalized spacial score (nSPS) is 11.6. The van der Waals surface area contributed by atoms with Crippen molar-refractivity contribution < 1.29 is 14.3 Å². The first kappa shape index (κ1) is 22.8. The fourth-order valence-corrected chi connectivity index (χ4v) is 6.04. The zero-order valence-corrected chi connectivity index (χ0v) is 21.1. The molecule has 2 aromatic heterocycles. The van der Waals surface area contributed by atoms with Gasteiger partial charge in [-0.2, -0.15) is 5.10 Å². The standard InChI is InChI=1S/C27H30N2O3Si/c1-18-12-13-19(16-21(18)27(30)32-3)17-22-23-14-15-24(31-2)26(33(4,5)6)29(23)28-25(22)20-10-8-7-9-11-20/h7-16H,17H2,1-6H3. The Morgan fingerprint density at radius 2 is 1.73 bits per heavy atom. The summed E-state index contributed by atoms with van der Waals surface area (Å²) in [5.74, 6) is 0.557. The van der Waals surface area contributed by atoms with Crippen LogP contribution in [0.1, 0.15) is 27.0 Å². The van der Waals surface area contributed by atoms with Crippen molar-refractivity contribution in [3.05, 3.63) is 82.9 Å². The van der Waals surface area contributed by atoms with E-state index in [9.17, 15) is 4.79 Å². The van der Waals surface area contributed by atoms with Gasteiger partial charge in [-0.1, -0.05) is 62.1 Å². The number of hydrogen-bond donors (Lipinski definition) is 0. The second-order valence-corrected chi connectivity index (χ2v) is 14.3. The van der Waals surface area contributed by atoms with E-state index in [1.165, 1.54) is 7.11 Å². The van der Waals surface area contributed by atoms with Crippen LogP contribution in [0.2, 0.25) is 19.6 Å². The van der Waals surface area contributed by atoms with Crippen LogP contribution in [-0.4, -0.2) is 37.9 Å². The van der Waals surface area contributed by atoms with Crippen molar-refractivity contribution in [3.63, 3.8) is 0 Å². The molecule has 0 saturated carbocycles. The molecule has 0 fully saturated rings. The molecule has 0 spiro atoms. The monoisotopic (exact) mass is 458 g/mol. The third kappa shape index (κ3) is 4.31. The Morgan fingerprint density at radius 3 is 2.36 bits per heavy atom. The van der Waals surface area contributed by atoms with Gasteiger partial charge in [-0.15, -0.1) is 0 Å². The molecule has 0 bridgehead atoms. The highest BCUT2D eigenvalue weighted by Crippen LogP contribution is 2.30. The van der Waals surface area contributed by atoms with Crippen molar-refractivity contribution in [2.24, 2.45) is 0 Å². The van der Waals surface area contributed by atoms with E-state index >= 15 is 0 Å². The second kappa shape index (κ2) is 8.87. The minimum absolute atomic E-state index is 0.316. The number of hydrogen-bond acceptors (Lipinski definition) is 4. The molecule has 0 amide bonds. The van der Waals surface area contributed by atoms with Gasteiger partial charge in [0.1, 0.15) is 13.8 Å². The predicted molar refractivity (Wildman–Crippen MR) is 135 cm³/mol. The molecule has 0 aliphatic rings. The highest BCUT2D eigenvalue weighted by molar-refractivity contribution is 6.88. The Hall–Kier alpha value is -3.38. The van der Waals surface area contributed by atoms with E-state index in [-0.39, 0.29) is 5.97 Å². The first-order valence-corrected chi connectivity index (χ1v) is 14.6. The van der Waals surface area contributed by atoms with Crippen molar-refractivity contribution in [1.82, 2.24) is 9.61 Å². The van der Waals surface area contributed by atoms with Crippen LogP contribution in [0, 0.1) is 6.92 Å². The maximum atomic E-state index is 12.3. The fourth-order valence-electron chi connectivity index (χ4n) is 4.31. The van der Waals surface area contributed by atoms with Gasteiger partial charge in [0.25, 0.3) is 0 Å². The van der Waals surface area contributed by atoms with E-state index in [0.29, 0.717) is 12.0 Å². The summed E-state index contributed by atoms with van der Waals surface area (Å²) in [5, 5.41) is 6.28. The summed E-state index contributed by atoms with van der Waals surface area (Å²) in [5.41, 5.74) is 6.74. The lowest BCUT2D eigenvalue weighted by Gasteiger charge is -2.21. The molecular weight excluding hydrogens is 428 g/mol. The molecule has 5 nitrogen and oxygen atoms in total. The number of pyridine rings is 1. The lowest BCUT2D eigenvalue weighted by Crippen LogP contribution is -2.43. The Labute approximate surface area is 196 Å². The maximum absolute atomic E-state index is 12.3. The van der Waals surface area contributed by atoms with Crippen molar-refractivity contribution >= 4 is 24.9 Å². The zero-order chi connectivity index (χ0) is 23.8. The highest BCUT2D eigenvalue weighted by atomic mass is 28.3. The van der Waals surface area contributed by atoms with E-state index in [1.807, 2.05) is 37.3 Å². The number of carbonyl (C=O) groups excluding carboxylic acids is 1. The van der Waals surface area contributed by atoms with Crippen LogP contribution in [0.15, 0.2) is 60.7 Å². The average molecular weight is 459 g/mol. The Kier molecular flexibility index (Phi) is 6.12. The van der Waals surface area contributed by atoms with E-state index in [4.69, 9.17) is 14.6 Å². The minimum atomic E-state index is -1.79. The van der Waals surface area contributed by atoms with Gasteiger partial charge in [-0.3, -0.25) is 0 Å². The SMILES string of the molecule is COC(=O)c1cc(Cc2c(-c3ccccc3)nn3c([Si](C)(C)C)c(OC)ccc23)ccc1C. The number of aromatic nitrogens is 2. The summed E-state index contributed by atoms with van der Waals surface area (Å²) in [6.45, 7) is 8.83. The van der Waals surface area contributed by atoms with Crippen LogP contribution in [0.3, 0.4) is 0 Å². The van der Waals surface area contributed by atoms with Crippen LogP contribution in [0.25, 0.3) is 16.8 Å². The summed E-state index contributed by atoms with van der Waals surface area (Å²) in [7, 11) is 1.34. The molecule has 0 radical (unpaired) electrons. The number of aryl methyl sites for hydroxylation is 1. The first-order valence-electron chi connectivity index (χ1n) is 11.1. The van der Waals surface area contributed by atoms with E-state index in [0.717, 1.165) is 44.5 Å². The zero-order valence-electron chi connectivity index (χ0n) is 20.1. The lowest BCUT2D eigenvalue weighted by atomic mass is 9.97. The summed E-state index contributed by atoms with van der Waals surface area (Å²) < 4.78 is 12.8. The molecule has 170 valence electrons. The number of methoxy groups -OCH3 is 2. The molecule has 4 aromatic rings. The number of fused-ring (bicyclic) bond motifs is 1. The maximum Gasteiger partial charge on any atom is 0.338 e.